The number of hydrogen-bond donors (Lipinski definition) is 1. The first-order valence-electron chi connectivity index (χ1n) is 9.22. The lowest BCUT2D eigenvalue weighted by Gasteiger charge is -2.41. The lowest BCUT2D eigenvalue weighted by molar-refractivity contribution is -0.143. The zero-order chi connectivity index (χ0) is 18.4. The number of para-hydroxylation sites is 1. The number of unbranched alkanes of at least 4 members (excludes halogenated alkanes) is 1. The molecule has 1 aliphatic rings. The van der Waals surface area contributed by atoms with Gasteiger partial charge in [-0.3, -0.25) is 9.59 Å². The van der Waals surface area contributed by atoms with Crippen molar-refractivity contribution in [3.8, 4) is 5.75 Å². The van der Waals surface area contributed by atoms with Crippen LogP contribution in [-0.4, -0.2) is 36.4 Å². The summed E-state index contributed by atoms with van der Waals surface area (Å²) in [6.45, 7) is 6.69. The molecule has 25 heavy (non-hydrogen) atoms. The van der Waals surface area contributed by atoms with Crippen molar-refractivity contribution in [1.29, 1.82) is 0 Å². The van der Waals surface area contributed by atoms with Crippen molar-refractivity contribution in [2.24, 2.45) is 5.92 Å². The molecule has 2 rings (SSSR count). The Bertz CT molecular complexity index is 600. The molecule has 5 nitrogen and oxygen atoms in total. The fourth-order valence-corrected chi connectivity index (χ4v) is 3.51. The highest BCUT2D eigenvalue weighted by Gasteiger charge is 2.41. The quantitative estimate of drug-likeness (QED) is 0.824. The number of likely N-dealkylation sites (tertiary alicyclic amines) is 1. The predicted molar refractivity (Wildman–Crippen MR) is 98.4 cm³/mol. The standard InChI is InChI=1S/C20H30N2O3/c1-5-6-13-22-18(23)12-11-16(20(24)21-14(2)3)19(22)15-9-7-8-10-17(15)25-4/h7-10,14,16,19H,5-6,11-13H2,1-4H3,(H,21,24). The van der Waals surface area contributed by atoms with Gasteiger partial charge in [-0.05, 0) is 32.8 Å². The zero-order valence-electron chi connectivity index (χ0n) is 15.7. The number of hydrogen-bond acceptors (Lipinski definition) is 3. The van der Waals surface area contributed by atoms with Gasteiger partial charge in [0.2, 0.25) is 11.8 Å². The largest absolute Gasteiger partial charge is 0.496 e. The number of nitrogens with one attached hydrogen (secondary N) is 1. The molecular formula is C20H30N2O3. The van der Waals surface area contributed by atoms with Gasteiger partial charge < -0.3 is 15.0 Å². The molecule has 2 atom stereocenters. The molecule has 0 saturated carbocycles. The highest BCUT2D eigenvalue weighted by atomic mass is 16.5. The second-order valence-corrected chi connectivity index (χ2v) is 6.94. The molecule has 1 aliphatic heterocycles. The molecule has 1 N–H and O–H groups in total. The monoisotopic (exact) mass is 346 g/mol. The SMILES string of the molecule is CCCCN1C(=O)CCC(C(=O)NC(C)C)C1c1ccccc1OC. The van der Waals surface area contributed by atoms with Crippen LogP contribution in [0.2, 0.25) is 0 Å². The van der Waals surface area contributed by atoms with Gasteiger partial charge in [0.1, 0.15) is 5.75 Å². The normalized spacial score (nSPS) is 20.7. The number of benzene rings is 1. The summed E-state index contributed by atoms with van der Waals surface area (Å²) in [5.74, 6) is 0.608. The Labute approximate surface area is 150 Å². The van der Waals surface area contributed by atoms with Crippen molar-refractivity contribution in [2.75, 3.05) is 13.7 Å². The average Bonchev–Trinajstić information content (AvgIpc) is 2.59. The second-order valence-electron chi connectivity index (χ2n) is 6.94. The second kappa shape index (κ2) is 8.88. The Morgan fingerprint density at radius 3 is 2.72 bits per heavy atom. The molecule has 1 fully saturated rings. The topological polar surface area (TPSA) is 58.6 Å². The van der Waals surface area contributed by atoms with E-state index in [4.69, 9.17) is 4.74 Å². The van der Waals surface area contributed by atoms with Crippen LogP contribution in [0.4, 0.5) is 0 Å². The van der Waals surface area contributed by atoms with Crippen LogP contribution in [0.3, 0.4) is 0 Å². The lowest BCUT2D eigenvalue weighted by atomic mass is 9.83. The van der Waals surface area contributed by atoms with Crippen LogP contribution < -0.4 is 10.1 Å². The maximum absolute atomic E-state index is 12.8. The third-order valence-electron chi connectivity index (χ3n) is 4.68. The number of piperidine rings is 1. The van der Waals surface area contributed by atoms with Gasteiger partial charge in [0.25, 0.3) is 0 Å². The smallest absolute Gasteiger partial charge is 0.225 e. The number of amides is 2. The summed E-state index contributed by atoms with van der Waals surface area (Å²) in [6, 6.07) is 7.51. The molecule has 0 radical (unpaired) electrons. The van der Waals surface area contributed by atoms with Gasteiger partial charge in [0.05, 0.1) is 19.1 Å². The molecule has 0 aliphatic carbocycles. The minimum absolute atomic E-state index is 0.0138. The van der Waals surface area contributed by atoms with E-state index in [1.54, 1.807) is 7.11 Å². The molecule has 1 heterocycles. The van der Waals surface area contributed by atoms with Crippen LogP contribution in [0.5, 0.6) is 5.75 Å². The lowest BCUT2D eigenvalue weighted by Crippen LogP contribution is -2.49. The van der Waals surface area contributed by atoms with Gasteiger partial charge in [-0.25, -0.2) is 0 Å². The molecule has 1 saturated heterocycles. The highest BCUT2D eigenvalue weighted by Crippen LogP contribution is 2.40. The molecule has 1 aromatic rings. The van der Waals surface area contributed by atoms with E-state index < -0.39 is 0 Å². The summed E-state index contributed by atoms with van der Waals surface area (Å²) in [5, 5.41) is 3.02. The molecule has 0 bridgehead atoms. The summed E-state index contributed by atoms with van der Waals surface area (Å²) in [6.07, 6.45) is 2.93. The summed E-state index contributed by atoms with van der Waals surface area (Å²) < 4.78 is 5.53. The van der Waals surface area contributed by atoms with E-state index in [1.165, 1.54) is 0 Å². The third kappa shape index (κ3) is 4.53. The first-order chi connectivity index (χ1) is 12.0. The zero-order valence-corrected chi connectivity index (χ0v) is 15.7. The first kappa shape index (κ1) is 19.3. The molecule has 1 aromatic carbocycles. The van der Waals surface area contributed by atoms with Crippen LogP contribution in [-0.2, 0) is 9.59 Å². The van der Waals surface area contributed by atoms with E-state index in [9.17, 15) is 9.59 Å². The van der Waals surface area contributed by atoms with Crippen molar-refractivity contribution >= 4 is 11.8 Å². The highest BCUT2D eigenvalue weighted by molar-refractivity contribution is 5.85. The van der Waals surface area contributed by atoms with Crippen molar-refractivity contribution < 1.29 is 14.3 Å². The van der Waals surface area contributed by atoms with Crippen molar-refractivity contribution in [1.82, 2.24) is 10.2 Å². The van der Waals surface area contributed by atoms with Crippen LogP contribution >= 0.6 is 0 Å². The van der Waals surface area contributed by atoms with Gasteiger partial charge >= 0.3 is 0 Å². The van der Waals surface area contributed by atoms with Crippen molar-refractivity contribution in [2.45, 2.75) is 58.5 Å². The fraction of sp³-hybridized carbons (Fsp3) is 0.600. The Kier molecular flexibility index (Phi) is 6.85. The molecule has 2 amide bonds. The van der Waals surface area contributed by atoms with E-state index in [0.717, 1.165) is 24.2 Å². The summed E-state index contributed by atoms with van der Waals surface area (Å²) in [4.78, 5) is 27.3. The molecule has 0 spiro atoms. The van der Waals surface area contributed by atoms with Gasteiger partial charge in [-0.2, -0.15) is 0 Å². The van der Waals surface area contributed by atoms with Crippen LogP contribution in [0.1, 0.15) is 58.1 Å². The van der Waals surface area contributed by atoms with E-state index in [1.807, 2.05) is 43.0 Å². The minimum atomic E-state index is -0.275. The Morgan fingerprint density at radius 1 is 1.36 bits per heavy atom. The molecular weight excluding hydrogens is 316 g/mol. The maximum Gasteiger partial charge on any atom is 0.225 e. The van der Waals surface area contributed by atoms with Gasteiger partial charge in [-0.15, -0.1) is 0 Å². The molecule has 138 valence electrons. The summed E-state index contributed by atoms with van der Waals surface area (Å²) in [7, 11) is 1.63. The molecule has 2 unspecified atom stereocenters. The Morgan fingerprint density at radius 2 is 2.08 bits per heavy atom. The number of rotatable bonds is 7. The fourth-order valence-electron chi connectivity index (χ4n) is 3.51. The average molecular weight is 346 g/mol. The third-order valence-corrected chi connectivity index (χ3v) is 4.68. The van der Waals surface area contributed by atoms with Crippen LogP contribution in [0.25, 0.3) is 0 Å². The number of carbonyl (C=O) groups excluding carboxylic acids is 2. The Balaban J connectivity index is 2.43. The van der Waals surface area contributed by atoms with Crippen molar-refractivity contribution in [3.05, 3.63) is 29.8 Å². The van der Waals surface area contributed by atoms with E-state index >= 15 is 0 Å². The molecule has 5 heteroatoms. The van der Waals surface area contributed by atoms with Gasteiger partial charge in [0, 0.05) is 24.6 Å². The predicted octanol–water partition coefficient (Wildman–Crippen LogP) is 3.30. The van der Waals surface area contributed by atoms with E-state index in [-0.39, 0.29) is 29.8 Å². The maximum atomic E-state index is 12.8. The van der Waals surface area contributed by atoms with E-state index in [0.29, 0.717) is 19.4 Å². The number of ether oxygens (including phenoxy) is 1. The van der Waals surface area contributed by atoms with Gasteiger partial charge in [0.15, 0.2) is 0 Å². The van der Waals surface area contributed by atoms with Crippen LogP contribution in [0.15, 0.2) is 24.3 Å². The number of carbonyl (C=O) groups is 2. The summed E-state index contributed by atoms with van der Waals surface area (Å²) >= 11 is 0. The molecule has 0 aromatic heterocycles. The van der Waals surface area contributed by atoms with Crippen molar-refractivity contribution in [3.63, 3.8) is 0 Å². The van der Waals surface area contributed by atoms with Gasteiger partial charge in [-0.1, -0.05) is 31.5 Å². The van der Waals surface area contributed by atoms with E-state index in [2.05, 4.69) is 12.2 Å². The summed E-state index contributed by atoms with van der Waals surface area (Å²) in [5.41, 5.74) is 0.915. The minimum Gasteiger partial charge on any atom is -0.496 e. The number of methoxy groups -OCH3 is 1. The van der Waals surface area contributed by atoms with Crippen LogP contribution in [0, 0.1) is 5.92 Å². The number of nitrogens with zero attached hydrogens (tertiary/aromatic N) is 1. The first-order valence-corrected chi connectivity index (χ1v) is 9.22. The Hall–Kier alpha value is -2.04.